The molecule has 0 unspecified atom stereocenters. The SMILES string of the molecule is CCOCC(=O)Nc1ccc(Cl)c(C#N)c1. The number of carbonyl (C=O) groups excluding carboxylic acids is 1. The van der Waals surface area contributed by atoms with E-state index in [2.05, 4.69) is 5.32 Å². The molecule has 0 saturated carbocycles. The van der Waals surface area contributed by atoms with Crippen molar-refractivity contribution >= 4 is 23.2 Å². The van der Waals surface area contributed by atoms with E-state index in [9.17, 15) is 4.79 Å². The Balaban J connectivity index is 2.68. The van der Waals surface area contributed by atoms with Crippen molar-refractivity contribution in [1.82, 2.24) is 0 Å². The summed E-state index contributed by atoms with van der Waals surface area (Å²) < 4.78 is 4.94. The molecule has 1 N–H and O–H groups in total. The van der Waals surface area contributed by atoms with Crippen molar-refractivity contribution in [2.45, 2.75) is 6.92 Å². The van der Waals surface area contributed by atoms with Gasteiger partial charge in [0.2, 0.25) is 5.91 Å². The first-order valence-corrected chi connectivity index (χ1v) is 5.12. The topological polar surface area (TPSA) is 62.1 Å². The number of rotatable bonds is 4. The molecule has 84 valence electrons. The van der Waals surface area contributed by atoms with Gasteiger partial charge in [0.25, 0.3) is 0 Å². The summed E-state index contributed by atoms with van der Waals surface area (Å²) in [5.41, 5.74) is 0.863. The van der Waals surface area contributed by atoms with Crippen molar-refractivity contribution < 1.29 is 9.53 Å². The van der Waals surface area contributed by atoms with Crippen molar-refractivity contribution in [1.29, 1.82) is 5.26 Å². The van der Waals surface area contributed by atoms with Crippen molar-refractivity contribution in [2.24, 2.45) is 0 Å². The van der Waals surface area contributed by atoms with E-state index >= 15 is 0 Å². The number of nitriles is 1. The van der Waals surface area contributed by atoms with Crippen LogP contribution in [0.4, 0.5) is 5.69 Å². The van der Waals surface area contributed by atoms with E-state index in [1.54, 1.807) is 12.1 Å². The fourth-order valence-electron chi connectivity index (χ4n) is 1.08. The predicted molar refractivity (Wildman–Crippen MR) is 61.3 cm³/mol. The van der Waals surface area contributed by atoms with Gasteiger partial charge in [-0.1, -0.05) is 11.6 Å². The van der Waals surface area contributed by atoms with E-state index in [-0.39, 0.29) is 12.5 Å². The first-order chi connectivity index (χ1) is 7.67. The minimum Gasteiger partial charge on any atom is -0.372 e. The Kier molecular flexibility index (Phi) is 4.77. The lowest BCUT2D eigenvalue weighted by Gasteiger charge is -2.05. The van der Waals surface area contributed by atoms with Crippen LogP contribution < -0.4 is 5.32 Å². The van der Waals surface area contributed by atoms with Gasteiger partial charge in [-0.05, 0) is 25.1 Å². The zero-order chi connectivity index (χ0) is 12.0. The standard InChI is InChI=1S/C11H11ClN2O2/c1-2-16-7-11(15)14-9-3-4-10(12)8(5-9)6-13/h3-5H,2,7H2,1H3,(H,14,15). The molecule has 16 heavy (non-hydrogen) atoms. The van der Waals surface area contributed by atoms with Crippen LogP contribution in [0, 0.1) is 11.3 Å². The smallest absolute Gasteiger partial charge is 0.250 e. The number of anilines is 1. The van der Waals surface area contributed by atoms with Crippen LogP contribution in [0.1, 0.15) is 12.5 Å². The summed E-state index contributed by atoms with van der Waals surface area (Å²) in [6.45, 7) is 2.29. The van der Waals surface area contributed by atoms with Crippen molar-refractivity contribution in [3.8, 4) is 6.07 Å². The highest BCUT2D eigenvalue weighted by atomic mass is 35.5. The van der Waals surface area contributed by atoms with Crippen LogP contribution in [0.15, 0.2) is 18.2 Å². The zero-order valence-corrected chi connectivity index (χ0v) is 9.54. The van der Waals surface area contributed by atoms with Crippen LogP contribution in [0.3, 0.4) is 0 Å². The quantitative estimate of drug-likeness (QED) is 0.875. The summed E-state index contributed by atoms with van der Waals surface area (Å²) in [6.07, 6.45) is 0. The monoisotopic (exact) mass is 238 g/mol. The fourth-order valence-corrected chi connectivity index (χ4v) is 1.24. The molecule has 4 nitrogen and oxygen atoms in total. The van der Waals surface area contributed by atoms with E-state index in [1.807, 2.05) is 13.0 Å². The van der Waals surface area contributed by atoms with Crippen LogP contribution in [-0.4, -0.2) is 19.1 Å². The molecule has 5 heteroatoms. The average molecular weight is 239 g/mol. The van der Waals surface area contributed by atoms with Gasteiger partial charge in [-0.2, -0.15) is 5.26 Å². The maximum absolute atomic E-state index is 11.3. The van der Waals surface area contributed by atoms with Crippen molar-refractivity contribution in [2.75, 3.05) is 18.5 Å². The maximum atomic E-state index is 11.3. The number of amides is 1. The van der Waals surface area contributed by atoms with Gasteiger partial charge in [-0.15, -0.1) is 0 Å². The molecule has 1 amide bonds. The van der Waals surface area contributed by atoms with Gasteiger partial charge < -0.3 is 10.1 Å². The van der Waals surface area contributed by atoms with Crippen LogP contribution in [-0.2, 0) is 9.53 Å². The molecule has 0 spiro atoms. The predicted octanol–water partition coefficient (Wildman–Crippen LogP) is 2.19. The third kappa shape index (κ3) is 3.54. The number of hydrogen-bond donors (Lipinski definition) is 1. The summed E-state index contributed by atoms with van der Waals surface area (Å²) in [7, 11) is 0. The minimum absolute atomic E-state index is 0.00101. The van der Waals surface area contributed by atoms with Gasteiger partial charge in [0, 0.05) is 12.3 Å². The lowest BCUT2D eigenvalue weighted by Crippen LogP contribution is -2.18. The van der Waals surface area contributed by atoms with Crippen LogP contribution in [0.5, 0.6) is 0 Å². The summed E-state index contributed by atoms with van der Waals surface area (Å²) in [5.74, 6) is -0.256. The van der Waals surface area contributed by atoms with E-state index in [0.717, 1.165) is 0 Å². The van der Waals surface area contributed by atoms with Gasteiger partial charge in [0.05, 0.1) is 10.6 Å². The summed E-state index contributed by atoms with van der Waals surface area (Å²) in [6, 6.07) is 6.66. The summed E-state index contributed by atoms with van der Waals surface area (Å²) in [5, 5.41) is 11.7. The van der Waals surface area contributed by atoms with E-state index in [1.165, 1.54) is 6.07 Å². The lowest BCUT2D eigenvalue weighted by molar-refractivity contribution is -0.120. The van der Waals surface area contributed by atoms with E-state index in [4.69, 9.17) is 21.6 Å². The Bertz CT molecular complexity index is 426. The molecule has 0 fully saturated rings. The Labute approximate surface area is 98.8 Å². The maximum Gasteiger partial charge on any atom is 0.250 e. The van der Waals surface area contributed by atoms with Crippen LogP contribution >= 0.6 is 11.6 Å². The molecule has 0 atom stereocenters. The lowest BCUT2D eigenvalue weighted by atomic mass is 10.2. The second-order valence-electron chi connectivity index (χ2n) is 2.99. The number of ether oxygens (including phenoxy) is 1. The Morgan fingerprint density at radius 3 is 3.00 bits per heavy atom. The molecule has 1 aromatic carbocycles. The highest BCUT2D eigenvalue weighted by Gasteiger charge is 2.04. The van der Waals surface area contributed by atoms with Gasteiger partial charge in [0.15, 0.2) is 0 Å². The largest absolute Gasteiger partial charge is 0.372 e. The highest BCUT2D eigenvalue weighted by molar-refractivity contribution is 6.31. The normalized spacial score (nSPS) is 9.56. The molecule has 0 aliphatic carbocycles. The highest BCUT2D eigenvalue weighted by Crippen LogP contribution is 2.19. The fraction of sp³-hybridized carbons (Fsp3) is 0.273. The number of halogens is 1. The number of carbonyl (C=O) groups is 1. The molecule has 0 heterocycles. The van der Waals surface area contributed by atoms with Gasteiger partial charge >= 0.3 is 0 Å². The second-order valence-corrected chi connectivity index (χ2v) is 3.40. The summed E-state index contributed by atoms with van der Waals surface area (Å²) in [4.78, 5) is 11.3. The summed E-state index contributed by atoms with van der Waals surface area (Å²) >= 11 is 5.76. The molecule has 0 aliphatic rings. The van der Waals surface area contributed by atoms with Gasteiger partial charge in [-0.3, -0.25) is 4.79 Å². The van der Waals surface area contributed by atoms with Gasteiger partial charge in [0.1, 0.15) is 12.7 Å². The molecule has 0 saturated heterocycles. The van der Waals surface area contributed by atoms with Crippen molar-refractivity contribution in [3.63, 3.8) is 0 Å². The Morgan fingerprint density at radius 2 is 2.38 bits per heavy atom. The van der Waals surface area contributed by atoms with E-state index < -0.39 is 0 Å². The van der Waals surface area contributed by atoms with E-state index in [0.29, 0.717) is 22.9 Å². The molecular formula is C11H11ClN2O2. The second kappa shape index (κ2) is 6.11. The average Bonchev–Trinajstić information content (AvgIpc) is 2.29. The molecule has 1 aromatic rings. The van der Waals surface area contributed by atoms with Crippen LogP contribution in [0.2, 0.25) is 5.02 Å². The number of nitrogens with zero attached hydrogens (tertiary/aromatic N) is 1. The van der Waals surface area contributed by atoms with Gasteiger partial charge in [-0.25, -0.2) is 0 Å². The number of nitrogens with one attached hydrogen (secondary N) is 1. The molecule has 1 rings (SSSR count). The van der Waals surface area contributed by atoms with Crippen LogP contribution in [0.25, 0.3) is 0 Å². The first kappa shape index (κ1) is 12.5. The third-order valence-corrected chi connectivity index (χ3v) is 2.14. The Morgan fingerprint density at radius 1 is 1.62 bits per heavy atom. The molecule has 0 aromatic heterocycles. The zero-order valence-electron chi connectivity index (χ0n) is 8.79. The van der Waals surface area contributed by atoms with Crippen molar-refractivity contribution in [3.05, 3.63) is 28.8 Å². The molecule has 0 radical (unpaired) electrons. The number of hydrogen-bond acceptors (Lipinski definition) is 3. The first-order valence-electron chi connectivity index (χ1n) is 4.74. The Hall–Kier alpha value is -1.57. The number of benzene rings is 1. The molecular weight excluding hydrogens is 228 g/mol. The molecule has 0 bridgehead atoms. The minimum atomic E-state index is -0.256. The molecule has 0 aliphatic heterocycles. The third-order valence-electron chi connectivity index (χ3n) is 1.81.